The Morgan fingerprint density at radius 2 is 1.80 bits per heavy atom. The molecule has 0 heterocycles. The molecule has 0 radical (unpaired) electrons. The van der Waals surface area contributed by atoms with E-state index in [0.29, 0.717) is 12.1 Å². The van der Waals surface area contributed by atoms with Gasteiger partial charge >= 0.3 is 0 Å². The highest BCUT2D eigenvalue weighted by Crippen LogP contribution is 2.32. The molecule has 0 amide bonds. The number of nitrogens with two attached hydrogens (primary N) is 1. The number of benzene rings is 2. The molecule has 2 atom stereocenters. The van der Waals surface area contributed by atoms with E-state index in [2.05, 4.69) is 54.3 Å². The van der Waals surface area contributed by atoms with Crippen molar-refractivity contribution in [3.63, 3.8) is 0 Å². The van der Waals surface area contributed by atoms with Gasteiger partial charge in [0.2, 0.25) is 0 Å². The van der Waals surface area contributed by atoms with E-state index < -0.39 is 0 Å². The SMILES string of the molecule is CCN(c1cccc2ccccc12)C1CCCCC1N. The minimum atomic E-state index is 0.308. The van der Waals surface area contributed by atoms with Crippen LogP contribution < -0.4 is 10.6 Å². The second-order valence-corrected chi connectivity index (χ2v) is 5.80. The molecule has 2 aromatic carbocycles. The third-order valence-corrected chi connectivity index (χ3v) is 4.60. The average molecular weight is 268 g/mol. The van der Waals surface area contributed by atoms with E-state index in [1.165, 1.54) is 35.7 Å². The zero-order valence-electron chi connectivity index (χ0n) is 12.3. The van der Waals surface area contributed by atoms with Crippen molar-refractivity contribution >= 4 is 16.5 Å². The van der Waals surface area contributed by atoms with Gasteiger partial charge in [-0.25, -0.2) is 0 Å². The molecule has 1 aliphatic carbocycles. The van der Waals surface area contributed by atoms with Crippen molar-refractivity contribution in [2.75, 3.05) is 11.4 Å². The van der Waals surface area contributed by atoms with Crippen molar-refractivity contribution in [2.45, 2.75) is 44.7 Å². The van der Waals surface area contributed by atoms with Gasteiger partial charge in [-0.1, -0.05) is 49.2 Å². The molecule has 2 unspecified atom stereocenters. The predicted octanol–water partition coefficient (Wildman–Crippen LogP) is 3.94. The van der Waals surface area contributed by atoms with Crippen LogP contribution in [0.15, 0.2) is 42.5 Å². The summed E-state index contributed by atoms with van der Waals surface area (Å²) in [5, 5.41) is 2.66. The molecular weight excluding hydrogens is 244 g/mol. The highest BCUT2D eigenvalue weighted by molar-refractivity contribution is 5.94. The van der Waals surface area contributed by atoms with Crippen LogP contribution in [0, 0.1) is 0 Å². The summed E-state index contributed by atoms with van der Waals surface area (Å²) in [5.74, 6) is 0. The lowest BCUT2D eigenvalue weighted by molar-refractivity contribution is 0.366. The Kier molecular flexibility index (Phi) is 3.93. The Morgan fingerprint density at radius 3 is 2.60 bits per heavy atom. The average Bonchev–Trinajstić information content (AvgIpc) is 2.50. The first kappa shape index (κ1) is 13.4. The van der Waals surface area contributed by atoms with Crippen LogP contribution in [0.3, 0.4) is 0 Å². The third-order valence-electron chi connectivity index (χ3n) is 4.60. The van der Waals surface area contributed by atoms with Crippen LogP contribution in [-0.4, -0.2) is 18.6 Å². The van der Waals surface area contributed by atoms with Gasteiger partial charge in [0, 0.05) is 29.7 Å². The molecule has 0 aromatic heterocycles. The first-order valence-electron chi connectivity index (χ1n) is 7.81. The fourth-order valence-corrected chi connectivity index (χ4v) is 3.57. The lowest BCUT2D eigenvalue weighted by Gasteiger charge is -2.40. The largest absolute Gasteiger partial charge is 0.367 e. The van der Waals surface area contributed by atoms with Crippen LogP contribution in [-0.2, 0) is 0 Å². The van der Waals surface area contributed by atoms with Gasteiger partial charge in [0.05, 0.1) is 0 Å². The normalized spacial score (nSPS) is 22.9. The van der Waals surface area contributed by atoms with E-state index in [9.17, 15) is 0 Å². The summed E-state index contributed by atoms with van der Waals surface area (Å²) in [4.78, 5) is 2.52. The van der Waals surface area contributed by atoms with Crippen LogP contribution in [0.1, 0.15) is 32.6 Å². The van der Waals surface area contributed by atoms with Crippen molar-refractivity contribution < 1.29 is 0 Å². The van der Waals surface area contributed by atoms with Crippen molar-refractivity contribution in [2.24, 2.45) is 5.73 Å². The predicted molar refractivity (Wildman–Crippen MR) is 87.2 cm³/mol. The van der Waals surface area contributed by atoms with Gasteiger partial charge in [0.15, 0.2) is 0 Å². The van der Waals surface area contributed by atoms with Crippen molar-refractivity contribution in [3.05, 3.63) is 42.5 Å². The van der Waals surface area contributed by atoms with Gasteiger partial charge in [0.25, 0.3) is 0 Å². The Balaban J connectivity index is 2.02. The molecule has 0 aliphatic heterocycles. The second-order valence-electron chi connectivity index (χ2n) is 5.80. The fraction of sp³-hybridized carbons (Fsp3) is 0.444. The number of anilines is 1. The molecule has 0 spiro atoms. The lowest BCUT2D eigenvalue weighted by Crippen LogP contribution is -2.49. The van der Waals surface area contributed by atoms with Crippen molar-refractivity contribution in [1.29, 1.82) is 0 Å². The summed E-state index contributed by atoms with van der Waals surface area (Å²) in [6.07, 6.45) is 4.97. The molecule has 2 aromatic rings. The topological polar surface area (TPSA) is 29.3 Å². The second kappa shape index (κ2) is 5.84. The van der Waals surface area contributed by atoms with Crippen LogP contribution >= 0.6 is 0 Å². The van der Waals surface area contributed by atoms with Gasteiger partial charge in [-0.3, -0.25) is 0 Å². The van der Waals surface area contributed by atoms with Gasteiger partial charge in [-0.2, -0.15) is 0 Å². The van der Waals surface area contributed by atoms with Crippen LogP contribution in [0.4, 0.5) is 5.69 Å². The Bertz CT molecular complexity index is 573. The Morgan fingerprint density at radius 1 is 1.05 bits per heavy atom. The number of hydrogen-bond acceptors (Lipinski definition) is 2. The van der Waals surface area contributed by atoms with Crippen LogP contribution in [0.5, 0.6) is 0 Å². The molecule has 0 bridgehead atoms. The zero-order valence-corrected chi connectivity index (χ0v) is 12.3. The molecule has 2 N–H and O–H groups in total. The molecule has 1 saturated carbocycles. The fourth-order valence-electron chi connectivity index (χ4n) is 3.57. The monoisotopic (exact) mass is 268 g/mol. The maximum Gasteiger partial charge on any atom is 0.0448 e. The molecule has 0 saturated heterocycles. The van der Waals surface area contributed by atoms with Gasteiger partial charge in [0.1, 0.15) is 0 Å². The summed E-state index contributed by atoms with van der Waals surface area (Å²) in [5.41, 5.74) is 7.74. The number of nitrogens with zero attached hydrogens (tertiary/aromatic N) is 1. The highest BCUT2D eigenvalue weighted by Gasteiger charge is 2.27. The standard InChI is InChI=1S/C18H24N2/c1-2-20(18-12-6-5-11-16(18)19)17-13-7-9-14-8-3-4-10-15(14)17/h3-4,7-10,13,16,18H,2,5-6,11-12,19H2,1H3. The van der Waals surface area contributed by atoms with Gasteiger partial charge < -0.3 is 10.6 Å². The Labute approximate surface area is 121 Å². The van der Waals surface area contributed by atoms with E-state index in [0.717, 1.165) is 13.0 Å². The van der Waals surface area contributed by atoms with E-state index in [-0.39, 0.29) is 0 Å². The smallest absolute Gasteiger partial charge is 0.0448 e. The van der Waals surface area contributed by atoms with E-state index in [1.54, 1.807) is 0 Å². The number of likely N-dealkylation sites (N-methyl/N-ethyl adjacent to an activating group) is 1. The number of fused-ring (bicyclic) bond motifs is 1. The third kappa shape index (κ3) is 2.40. The van der Waals surface area contributed by atoms with Crippen LogP contribution in [0.25, 0.3) is 10.8 Å². The molecular formula is C18H24N2. The minimum Gasteiger partial charge on any atom is -0.367 e. The molecule has 20 heavy (non-hydrogen) atoms. The molecule has 106 valence electrons. The molecule has 2 heteroatoms. The summed E-state index contributed by atoms with van der Waals surface area (Å²) in [6, 6.07) is 16.0. The quantitative estimate of drug-likeness (QED) is 0.913. The lowest BCUT2D eigenvalue weighted by atomic mass is 9.89. The zero-order chi connectivity index (χ0) is 13.9. The highest BCUT2D eigenvalue weighted by atomic mass is 15.2. The van der Waals surface area contributed by atoms with Crippen molar-refractivity contribution in [3.8, 4) is 0 Å². The first-order chi connectivity index (χ1) is 9.81. The van der Waals surface area contributed by atoms with Gasteiger partial charge in [-0.15, -0.1) is 0 Å². The molecule has 2 nitrogen and oxygen atoms in total. The number of rotatable bonds is 3. The van der Waals surface area contributed by atoms with Crippen LogP contribution in [0.2, 0.25) is 0 Å². The maximum atomic E-state index is 6.40. The van der Waals surface area contributed by atoms with E-state index in [4.69, 9.17) is 5.73 Å². The Hall–Kier alpha value is -1.54. The van der Waals surface area contributed by atoms with E-state index in [1.807, 2.05) is 0 Å². The minimum absolute atomic E-state index is 0.308. The maximum absolute atomic E-state index is 6.40. The number of hydrogen-bond donors (Lipinski definition) is 1. The van der Waals surface area contributed by atoms with E-state index >= 15 is 0 Å². The van der Waals surface area contributed by atoms with Gasteiger partial charge in [-0.05, 0) is 31.2 Å². The molecule has 1 aliphatic rings. The summed E-state index contributed by atoms with van der Waals surface area (Å²) >= 11 is 0. The molecule has 1 fully saturated rings. The summed E-state index contributed by atoms with van der Waals surface area (Å²) < 4.78 is 0. The molecule has 3 rings (SSSR count). The summed E-state index contributed by atoms with van der Waals surface area (Å²) in [7, 11) is 0. The van der Waals surface area contributed by atoms with Crippen molar-refractivity contribution in [1.82, 2.24) is 0 Å². The summed E-state index contributed by atoms with van der Waals surface area (Å²) in [6.45, 7) is 3.26. The first-order valence-corrected chi connectivity index (χ1v) is 7.81.